The summed E-state index contributed by atoms with van der Waals surface area (Å²) in [5, 5.41) is 0. The van der Waals surface area contributed by atoms with E-state index in [9.17, 15) is 0 Å². The monoisotopic (exact) mass is 202 g/mol. The highest BCUT2D eigenvalue weighted by Gasteiger charge is 2.03. The van der Waals surface area contributed by atoms with E-state index in [2.05, 4.69) is 33.5 Å². The molecule has 6 N–H and O–H groups in total. The molecule has 0 fully saturated rings. The van der Waals surface area contributed by atoms with Crippen molar-refractivity contribution in [3.8, 4) is 12.0 Å². The first-order valence-electron chi connectivity index (χ1n) is 3.98. The van der Waals surface area contributed by atoms with Crippen LogP contribution in [0.3, 0.4) is 0 Å². The van der Waals surface area contributed by atoms with Gasteiger partial charge in [0, 0.05) is 18.3 Å². The van der Waals surface area contributed by atoms with Gasteiger partial charge in [-0.25, -0.2) is 15.0 Å². The lowest BCUT2D eigenvalue weighted by Crippen LogP contribution is -2.16. The highest BCUT2D eigenvalue weighted by Crippen LogP contribution is 2.01. The molecule has 0 bridgehead atoms. The minimum absolute atomic E-state index is 0.0625. The summed E-state index contributed by atoms with van der Waals surface area (Å²) in [7, 11) is 0. The van der Waals surface area contributed by atoms with Gasteiger partial charge in [0.25, 0.3) is 0 Å². The molecule has 0 saturated heterocycles. The van der Waals surface area contributed by atoms with Gasteiger partial charge < -0.3 is 17.2 Å². The molecule has 0 aliphatic carbocycles. The number of hydrogen-bond acceptors (Lipinski definition) is 5. The van der Waals surface area contributed by atoms with Crippen molar-refractivity contribution in [1.29, 1.82) is 0 Å². The Morgan fingerprint density at radius 1 is 1.53 bits per heavy atom. The molecule has 0 aromatic carbocycles. The van der Waals surface area contributed by atoms with Crippen LogP contribution in [0, 0.1) is 12.0 Å². The van der Waals surface area contributed by atoms with Crippen LogP contribution in [0.4, 0.5) is 5.95 Å². The molecule has 15 heavy (non-hydrogen) atoms. The Morgan fingerprint density at radius 2 is 2.27 bits per heavy atom. The maximum absolute atomic E-state index is 5.59. The number of aromatic nitrogens is 2. The molecule has 0 atom stereocenters. The maximum Gasteiger partial charge on any atom is 0.221 e. The first-order valence-corrected chi connectivity index (χ1v) is 3.98. The molecule has 1 aromatic rings. The molecule has 1 aromatic heterocycles. The summed E-state index contributed by atoms with van der Waals surface area (Å²) >= 11 is 0. The summed E-state index contributed by atoms with van der Waals surface area (Å²) in [4.78, 5) is 11.5. The molecule has 6 heteroatoms. The van der Waals surface area contributed by atoms with E-state index in [0.717, 1.165) is 0 Å². The number of aliphatic imine (C=N–C) groups is 1. The molecule has 0 aliphatic rings. The number of rotatable bonds is 2. The van der Waals surface area contributed by atoms with E-state index in [-0.39, 0.29) is 11.8 Å². The second-order valence-corrected chi connectivity index (χ2v) is 2.46. The van der Waals surface area contributed by atoms with Gasteiger partial charge in [0.2, 0.25) is 5.95 Å². The van der Waals surface area contributed by atoms with Gasteiger partial charge in [-0.3, -0.25) is 0 Å². The van der Waals surface area contributed by atoms with E-state index in [4.69, 9.17) is 17.2 Å². The van der Waals surface area contributed by atoms with Crippen LogP contribution in [0.1, 0.15) is 11.4 Å². The minimum atomic E-state index is 0.0625. The van der Waals surface area contributed by atoms with E-state index in [0.29, 0.717) is 11.4 Å². The van der Waals surface area contributed by atoms with Crippen LogP contribution in [0.25, 0.3) is 0 Å². The number of amidine groups is 1. The van der Waals surface area contributed by atoms with Gasteiger partial charge in [-0.05, 0) is 5.92 Å². The summed E-state index contributed by atoms with van der Waals surface area (Å²) < 4.78 is 0. The van der Waals surface area contributed by atoms with Crippen molar-refractivity contribution in [2.45, 2.75) is 0 Å². The van der Waals surface area contributed by atoms with Gasteiger partial charge in [-0.1, -0.05) is 6.58 Å². The molecule has 0 spiro atoms. The predicted molar refractivity (Wildman–Crippen MR) is 58.4 cm³/mol. The van der Waals surface area contributed by atoms with Crippen molar-refractivity contribution in [2.24, 2.45) is 16.5 Å². The Morgan fingerprint density at radius 3 is 2.87 bits per heavy atom. The average Bonchev–Trinajstić information content (AvgIpc) is 2.17. The van der Waals surface area contributed by atoms with Crippen LogP contribution >= 0.6 is 0 Å². The summed E-state index contributed by atoms with van der Waals surface area (Å²) in [5.74, 6) is 2.80. The highest BCUT2D eigenvalue weighted by atomic mass is 15.0. The largest absolute Gasteiger partial charge is 0.382 e. The number of anilines is 1. The smallest absolute Gasteiger partial charge is 0.221 e. The average molecular weight is 202 g/mol. The van der Waals surface area contributed by atoms with Crippen molar-refractivity contribution in [1.82, 2.24) is 9.97 Å². The molecule has 0 aliphatic heterocycles. The summed E-state index contributed by atoms with van der Waals surface area (Å²) in [6.07, 6.45) is 1.31. The zero-order valence-corrected chi connectivity index (χ0v) is 7.94. The standard InChI is InChI=1S/C9H10N6/c1-2-13-8(11)7-5-6(3-4-10)14-9(12)15-7/h2,5H,1,10H2,(H2,11,13)(H2,12,14,15). The van der Waals surface area contributed by atoms with Crippen molar-refractivity contribution in [3.05, 3.63) is 30.2 Å². The molecule has 6 nitrogen and oxygen atoms in total. The fraction of sp³-hybridized carbons (Fsp3) is 0. The third-order valence-electron chi connectivity index (χ3n) is 1.44. The Kier molecular flexibility index (Phi) is 3.24. The van der Waals surface area contributed by atoms with Crippen molar-refractivity contribution in [2.75, 3.05) is 5.73 Å². The molecule has 0 radical (unpaired) electrons. The van der Waals surface area contributed by atoms with Crippen molar-refractivity contribution >= 4 is 11.8 Å². The highest BCUT2D eigenvalue weighted by molar-refractivity contribution is 5.96. The van der Waals surface area contributed by atoms with E-state index >= 15 is 0 Å². The third-order valence-corrected chi connectivity index (χ3v) is 1.44. The summed E-state index contributed by atoms with van der Waals surface area (Å²) in [5.41, 5.74) is 16.9. The van der Waals surface area contributed by atoms with Gasteiger partial charge in [0.05, 0.1) is 0 Å². The molecule has 1 heterocycles. The van der Waals surface area contributed by atoms with Crippen LogP contribution in [0.2, 0.25) is 0 Å². The number of hydrogen-bond donors (Lipinski definition) is 3. The van der Waals surface area contributed by atoms with Crippen LogP contribution in [-0.2, 0) is 0 Å². The number of nitrogen functional groups attached to an aromatic ring is 1. The molecule has 0 unspecified atom stereocenters. The topological polar surface area (TPSA) is 116 Å². The van der Waals surface area contributed by atoms with E-state index in [1.165, 1.54) is 6.20 Å². The lowest BCUT2D eigenvalue weighted by Gasteiger charge is -2.00. The fourth-order valence-electron chi connectivity index (χ4n) is 0.900. The first kappa shape index (κ1) is 10.5. The molecule has 0 saturated carbocycles. The Hall–Kier alpha value is -2.55. The van der Waals surface area contributed by atoms with E-state index in [1.807, 2.05) is 0 Å². The Labute approximate surface area is 86.9 Å². The van der Waals surface area contributed by atoms with Crippen LogP contribution in [-0.4, -0.2) is 15.8 Å². The molecular weight excluding hydrogens is 192 g/mol. The zero-order valence-electron chi connectivity index (χ0n) is 7.94. The zero-order chi connectivity index (χ0) is 11.3. The van der Waals surface area contributed by atoms with E-state index < -0.39 is 0 Å². The van der Waals surface area contributed by atoms with E-state index in [1.54, 1.807) is 6.07 Å². The van der Waals surface area contributed by atoms with Crippen molar-refractivity contribution < 1.29 is 0 Å². The quantitative estimate of drug-likeness (QED) is 0.250. The van der Waals surface area contributed by atoms with Crippen molar-refractivity contribution in [3.63, 3.8) is 0 Å². The summed E-state index contributed by atoms with van der Waals surface area (Å²) in [6, 6.07) is 3.75. The fourth-order valence-corrected chi connectivity index (χ4v) is 0.900. The Bertz CT molecular complexity index is 465. The van der Waals surface area contributed by atoms with Crippen LogP contribution < -0.4 is 17.2 Å². The minimum Gasteiger partial charge on any atom is -0.382 e. The maximum atomic E-state index is 5.59. The predicted octanol–water partition coefficient (Wildman–Crippen LogP) is -0.825. The lowest BCUT2D eigenvalue weighted by atomic mass is 10.3. The van der Waals surface area contributed by atoms with Gasteiger partial charge >= 0.3 is 0 Å². The Balaban J connectivity index is 3.23. The second-order valence-electron chi connectivity index (χ2n) is 2.46. The van der Waals surface area contributed by atoms with Crippen LogP contribution in [0.5, 0.6) is 0 Å². The van der Waals surface area contributed by atoms with Gasteiger partial charge in [-0.2, -0.15) is 0 Å². The molecule has 76 valence electrons. The van der Waals surface area contributed by atoms with Gasteiger partial charge in [0.1, 0.15) is 17.2 Å². The molecule has 1 rings (SSSR count). The first-order chi connectivity index (χ1) is 7.17. The summed E-state index contributed by atoms with van der Waals surface area (Å²) in [6.45, 7) is 3.42. The second kappa shape index (κ2) is 4.62. The van der Waals surface area contributed by atoms with Gasteiger partial charge in [-0.15, -0.1) is 0 Å². The molecular formula is C9H10N6. The third kappa shape index (κ3) is 2.70. The van der Waals surface area contributed by atoms with Gasteiger partial charge in [0.15, 0.2) is 0 Å². The molecule has 0 amide bonds. The number of nitrogens with two attached hydrogens (primary N) is 3. The number of nitrogens with zero attached hydrogens (tertiary/aromatic N) is 3. The van der Waals surface area contributed by atoms with Crippen LogP contribution in [0.15, 0.2) is 23.8 Å². The lowest BCUT2D eigenvalue weighted by molar-refractivity contribution is 1.14. The normalized spacial score (nSPS) is 10.3. The SMILES string of the molecule is C=CN=C(N)c1cc(C#CN)nc(N)n1.